The summed E-state index contributed by atoms with van der Waals surface area (Å²) in [6.07, 6.45) is -1.28. The number of esters is 1. The largest absolute Gasteiger partial charge is 0.511 e. The molecule has 1 fully saturated rings. The maximum atomic E-state index is 12.7. The zero-order chi connectivity index (χ0) is 31.3. The molecule has 0 atom stereocenters. The molecule has 0 spiro atoms. The van der Waals surface area contributed by atoms with Crippen molar-refractivity contribution in [2.24, 2.45) is 5.41 Å². The predicted molar refractivity (Wildman–Crippen MR) is 157 cm³/mol. The molecule has 0 saturated carbocycles. The van der Waals surface area contributed by atoms with Gasteiger partial charge in [-0.25, -0.2) is 4.79 Å². The van der Waals surface area contributed by atoms with Gasteiger partial charge in [-0.15, -0.1) is 0 Å². The van der Waals surface area contributed by atoms with E-state index in [-0.39, 0.29) is 12.8 Å². The molecule has 4 aromatic rings. The molecule has 0 amide bonds. The monoisotopic (exact) mass is 603 g/mol. The second-order valence-corrected chi connectivity index (χ2v) is 10.8. The Morgan fingerprint density at radius 1 is 0.955 bits per heavy atom. The van der Waals surface area contributed by atoms with Crippen LogP contribution < -0.4 is 4.74 Å². The number of ether oxygens (including phenoxy) is 4. The van der Waals surface area contributed by atoms with Crippen LogP contribution in [0.4, 0.5) is 4.79 Å². The van der Waals surface area contributed by atoms with Crippen LogP contribution in [0.3, 0.4) is 0 Å². The number of benzene rings is 3. The van der Waals surface area contributed by atoms with E-state index in [4.69, 9.17) is 23.5 Å². The van der Waals surface area contributed by atoms with Crippen molar-refractivity contribution in [3.63, 3.8) is 0 Å². The van der Waals surface area contributed by atoms with Gasteiger partial charge in [-0.05, 0) is 67.3 Å². The number of hydrogen-bond acceptors (Lipinski definition) is 11. The van der Waals surface area contributed by atoms with E-state index >= 15 is 0 Å². The van der Waals surface area contributed by atoms with Gasteiger partial charge in [0.1, 0.15) is 5.75 Å². The fraction of sp³-hybridized carbons (Fsp3) is 0.344. The summed E-state index contributed by atoms with van der Waals surface area (Å²) in [7, 11) is 1.64. The zero-order valence-corrected chi connectivity index (χ0v) is 24.6. The van der Waals surface area contributed by atoms with Crippen LogP contribution in [-0.2, 0) is 30.3 Å². The van der Waals surface area contributed by atoms with Gasteiger partial charge in [-0.2, -0.15) is 4.98 Å². The Balaban J connectivity index is 1.16. The lowest BCUT2D eigenvalue weighted by molar-refractivity contribution is -0.179. The van der Waals surface area contributed by atoms with Crippen molar-refractivity contribution in [3.05, 3.63) is 66.2 Å². The summed E-state index contributed by atoms with van der Waals surface area (Å²) in [5, 5.41) is 16.1. The first kappa shape index (κ1) is 30.5. The summed E-state index contributed by atoms with van der Waals surface area (Å²) in [6.45, 7) is 3.87. The molecule has 1 aromatic heterocycles. The molecule has 0 radical (unpaired) electrons. The molecular weight excluding hydrogens is 570 g/mol. The van der Waals surface area contributed by atoms with Crippen LogP contribution >= 0.6 is 0 Å². The van der Waals surface area contributed by atoms with E-state index < -0.39 is 36.4 Å². The maximum absolute atomic E-state index is 12.7. The lowest BCUT2D eigenvalue weighted by Crippen LogP contribution is -2.49. The Morgan fingerprint density at radius 3 is 2.32 bits per heavy atom. The third-order valence-corrected chi connectivity index (χ3v) is 7.55. The molecule has 12 heteroatoms. The fourth-order valence-corrected chi connectivity index (χ4v) is 5.05. The van der Waals surface area contributed by atoms with Crippen molar-refractivity contribution in [1.29, 1.82) is 0 Å². The summed E-state index contributed by atoms with van der Waals surface area (Å²) in [4.78, 5) is 42.9. The van der Waals surface area contributed by atoms with Gasteiger partial charge < -0.3 is 28.6 Å². The van der Waals surface area contributed by atoms with Crippen molar-refractivity contribution >= 4 is 28.9 Å². The third-order valence-electron chi connectivity index (χ3n) is 7.55. The molecule has 12 nitrogen and oxygen atoms in total. The third kappa shape index (κ3) is 6.81. The molecule has 5 rings (SSSR count). The van der Waals surface area contributed by atoms with Gasteiger partial charge in [0.2, 0.25) is 12.6 Å². The molecule has 1 saturated heterocycles. The van der Waals surface area contributed by atoms with Gasteiger partial charge >= 0.3 is 18.1 Å². The van der Waals surface area contributed by atoms with Gasteiger partial charge in [0.15, 0.2) is 5.41 Å². The quantitative estimate of drug-likeness (QED) is 0.142. The molecule has 0 aliphatic carbocycles. The Morgan fingerprint density at radius 2 is 1.64 bits per heavy atom. The smallest absolute Gasteiger partial charge is 0.497 e. The lowest BCUT2D eigenvalue weighted by atomic mass is 9.78. The molecule has 230 valence electrons. The van der Waals surface area contributed by atoms with Crippen molar-refractivity contribution in [2.45, 2.75) is 39.3 Å². The molecule has 2 heterocycles. The number of fused-ring (bicyclic) bond motifs is 1. The molecule has 1 N–H and O–H groups in total. The number of nitrogens with zero attached hydrogens (tertiary/aromatic N) is 3. The van der Waals surface area contributed by atoms with Gasteiger partial charge in [-0.1, -0.05) is 41.6 Å². The highest BCUT2D eigenvalue weighted by Crippen LogP contribution is 2.34. The molecule has 0 unspecified atom stereocenters. The van der Waals surface area contributed by atoms with Crippen LogP contribution in [0.15, 0.2) is 65.2 Å². The fourth-order valence-electron chi connectivity index (χ4n) is 5.05. The summed E-state index contributed by atoms with van der Waals surface area (Å²) in [6, 6.07) is 19.5. The molecule has 1 aliphatic heterocycles. The number of carbonyl (C=O) groups excluding carboxylic acids is 2. The number of carbonyl (C=O) groups is 3. The van der Waals surface area contributed by atoms with Gasteiger partial charge in [0.05, 0.1) is 13.2 Å². The average Bonchev–Trinajstić information content (AvgIpc) is 3.51. The van der Waals surface area contributed by atoms with Crippen LogP contribution in [0, 0.1) is 5.41 Å². The number of rotatable bonds is 10. The number of piperidine rings is 1. The average molecular weight is 604 g/mol. The molecule has 0 bridgehead atoms. The molecule has 3 aromatic carbocycles. The van der Waals surface area contributed by atoms with E-state index in [9.17, 15) is 19.5 Å². The highest BCUT2D eigenvalue weighted by molar-refractivity contribution is 5.99. The van der Waals surface area contributed by atoms with Gasteiger partial charge in [-0.3, -0.25) is 14.5 Å². The summed E-state index contributed by atoms with van der Waals surface area (Å²) >= 11 is 0. The maximum Gasteiger partial charge on any atom is 0.511 e. The topological polar surface area (TPSA) is 151 Å². The number of hydrogen-bond donors (Lipinski definition) is 1. The Kier molecular flexibility index (Phi) is 9.09. The van der Waals surface area contributed by atoms with E-state index in [1.807, 2.05) is 60.7 Å². The first-order chi connectivity index (χ1) is 21.2. The van der Waals surface area contributed by atoms with Crippen LogP contribution in [0.5, 0.6) is 5.75 Å². The summed E-state index contributed by atoms with van der Waals surface area (Å²) < 4.78 is 25.3. The van der Waals surface area contributed by atoms with E-state index in [0.29, 0.717) is 31.3 Å². The highest BCUT2D eigenvalue weighted by Gasteiger charge is 2.49. The van der Waals surface area contributed by atoms with Crippen LogP contribution in [0.25, 0.3) is 33.6 Å². The second-order valence-electron chi connectivity index (χ2n) is 10.8. The molecule has 1 aliphatic rings. The van der Waals surface area contributed by atoms with Crippen LogP contribution in [0.1, 0.15) is 32.3 Å². The minimum absolute atomic E-state index is 0.0592. The van der Waals surface area contributed by atoms with Gasteiger partial charge in [0, 0.05) is 30.8 Å². The lowest BCUT2D eigenvalue weighted by Gasteiger charge is -2.36. The van der Waals surface area contributed by atoms with Crippen molar-refractivity contribution in [2.75, 3.05) is 27.0 Å². The minimum Gasteiger partial charge on any atom is -0.497 e. The van der Waals surface area contributed by atoms with E-state index in [2.05, 4.69) is 15.0 Å². The molecular formula is C32H33N3O9. The highest BCUT2D eigenvalue weighted by atomic mass is 16.8. The summed E-state index contributed by atoms with van der Waals surface area (Å²) in [5.41, 5.74) is 0.899. The van der Waals surface area contributed by atoms with E-state index in [1.165, 1.54) is 0 Å². The normalized spacial score (nSPS) is 14.7. The number of aliphatic carboxylic acids is 1. The Labute approximate surface area is 253 Å². The van der Waals surface area contributed by atoms with Crippen molar-refractivity contribution in [3.8, 4) is 28.6 Å². The number of carboxylic acid groups (broad SMARTS) is 1. The molecule has 44 heavy (non-hydrogen) atoms. The predicted octanol–water partition coefficient (Wildman–Crippen LogP) is 5.29. The first-order valence-electron chi connectivity index (χ1n) is 14.1. The number of likely N-dealkylation sites (tertiary alicyclic amines) is 1. The minimum atomic E-state index is -1.71. The van der Waals surface area contributed by atoms with Crippen LogP contribution in [-0.4, -0.2) is 71.3 Å². The zero-order valence-electron chi connectivity index (χ0n) is 24.6. The SMILES string of the molecule is COc1ccc2cc(-c3nc(-c4ccc(CN5CCC(C(=O)O)(C(=O)OCOC(=O)OC(C)C)CC5)cc4)no3)ccc2c1. The van der Waals surface area contributed by atoms with Gasteiger partial charge in [0.25, 0.3) is 5.89 Å². The van der Waals surface area contributed by atoms with Crippen molar-refractivity contribution < 1.29 is 43.0 Å². The standard InChI is InChI=1S/C32H33N3O9/c1-20(2)43-31(39)42-19-41-30(38)32(29(36)37)12-14-35(15-13-32)18-21-4-6-22(7-5-21)27-33-28(44-34-27)25-9-8-24-17-26(40-3)11-10-23(24)16-25/h4-11,16-17,20H,12-15,18-19H2,1-3H3,(H,36,37). The van der Waals surface area contributed by atoms with Crippen molar-refractivity contribution in [1.82, 2.24) is 15.0 Å². The number of methoxy groups -OCH3 is 1. The second kappa shape index (κ2) is 13.1. The Bertz CT molecular complexity index is 1640. The van der Waals surface area contributed by atoms with Crippen LogP contribution in [0.2, 0.25) is 0 Å². The number of aromatic nitrogens is 2. The summed E-state index contributed by atoms with van der Waals surface area (Å²) in [5.74, 6) is -0.533. The van der Waals surface area contributed by atoms with E-state index in [1.54, 1.807) is 21.0 Å². The number of carboxylic acids is 1. The Hall–Kier alpha value is -4.97. The van der Waals surface area contributed by atoms with E-state index in [0.717, 1.165) is 33.2 Å². The first-order valence-corrected chi connectivity index (χ1v) is 14.1.